The number of hydrogen-bond acceptors (Lipinski definition) is 5. The summed E-state index contributed by atoms with van der Waals surface area (Å²) in [6, 6.07) is 10.3. The second kappa shape index (κ2) is 5.76. The fourth-order valence-electron chi connectivity index (χ4n) is 2.28. The Morgan fingerprint density at radius 1 is 1.23 bits per heavy atom. The summed E-state index contributed by atoms with van der Waals surface area (Å²) in [4.78, 5) is 15.9. The van der Waals surface area contributed by atoms with Crippen molar-refractivity contribution in [1.29, 1.82) is 0 Å². The Balaban J connectivity index is 1.74. The number of nitrogens with one attached hydrogen (secondary N) is 1. The number of sulfonamides is 1. The second-order valence-corrected chi connectivity index (χ2v) is 6.66. The molecule has 1 aromatic carbocycles. The van der Waals surface area contributed by atoms with Gasteiger partial charge in [0.1, 0.15) is 17.3 Å². The number of amides is 1. The van der Waals surface area contributed by atoms with Crippen molar-refractivity contribution in [3.63, 3.8) is 0 Å². The number of ether oxygens (including phenoxy) is 1. The van der Waals surface area contributed by atoms with Crippen LogP contribution in [0.5, 0.6) is 5.75 Å². The molecule has 1 N–H and O–H groups in total. The van der Waals surface area contributed by atoms with Crippen LogP contribution >= 0.6 is 0 Å². The molecular formula is C15H14N2O4S. The topological polar surface area (TPSA) is 85.4 Å². The fraction of sp³-hybridized carbons (Fsp3) is 0.200. The van der Waals surface area contributed by atoms with Crippen molar-refractivity contribution in [3.05, 3.63) is 54.4 Å². The van der Waals surface area contributed by atoms with Crippen LogP contribution in [0.1, 0.15) is 5.56 Å². The molecule has 114 valence electrons. The predicted octanol–water partition coefficient (Wildman–Crippen LogP) is 1.14. The summed E-state index contributed by atoms with van der Waals surface area (Å²) in [5, 5.41) is 0. The Morgan fingerprint density at radius 3 is 2.82 bits per heavy atom. The van der Waals surface area contributed by atoms with E-state index in [9.17, 15) is 13.2 Å². The zero-order valence-corrected chi connectivity index (χ0v) is 12.4. The van der Waals surface area contributed by atoms with Gasteiger partial charge < -0.3 is 4.74 Å². The van der Waals surface area contributed by atoms with Crippen molar-refractivity contribution in [2.45, 2.75) is 11.3 Å². The molecule has 0 aliphatic carbocycles. The first-order valence-corrected chi connectivity index (χ1v) is 8.22. The minimum Gasteiger partial charge on any atom is -0.492 e. The van der Waals surface area contributed by atoms with Gasteiger partial charge in [0.25, 0.3) is 10.0 Å². The maximum absolute atomic E-state index is 12.2. The zero-order valence-electron chi connectivity index (χ0n) is 11.6. The number of hydrogen-bond donors (Lipinski definition) is 1. The molecular weight excluding hydrogens is 304 g/mol. The predicted molar refractivity (Wildman–Crippen MR) is 78.7 cm³/mol. The molecule has 0 saturated heterocycles. The Morgan fingerprint density at radius 2 is 2.05 bits per heavy atom. The molecule has 0 radical (unpaired) electrons. The molecule has 0 spiro atoms. The van der Waals surface area contributed by atoms with Crippen LogP contribution in [0.25, 0.3) is 0 Å². The molecule has 1 unspecified atom stereocenters. The number of carbonyl (C=O) groups excluding carboxylic acids is 1. The first-order chi connectivity index (χ1) is 10.6. The SMILES string of the molecule is O=C(NS(=O)(=O)c1cccnc1)C1COc2ccccc2C1. The standard InChI is InChI=1S/C15H14N2O4S/c18-15(17-22(19,20)13-5-3-7-16-9-13)12-8-11-4-1-2-6-14(11)21-10-12/h1-7,9,12H,8,10H2,(H,17,18). The van der Waals surface area contributed by atoms with Crippen LogP contribution in [0.2, 0.25) is 0 Å². The van der Waals surface area contributed by atoms with E-state index in [2.05, 4.69) is 9.71 Å². The van der Waals surface area contributed by atoms with E-state index in [1.165, 1.54) is 24.5 Å². The monoisotopic (exact) mass is 318 g/mol. The first kappa shape index (κ1) is 14.5. The number of benzene rings is 1. The van der Waals surface area contributed by atoms with E-state index < -0.39 is 21.8 Å². The van der Waals surface area contributed by atoms with Crippen LogP contribution in [0.15, 0.2) is 53.7 Å². The van der Waals surface area contributed by atoms with Gasteiger partial charge in [0.15, 0.2) is 0 Å². The van der Waals surface area contributed by atoms with E-state index in [0.29, 0.717) is 6.42 Å². The third-order valence-corrected chi connectivity index (χ3v) is 4.76. The molecule has 0 fully saturated rings. The number of fused-ring (bicyclic) bond motifs is 1. The first-order valence-electron chi connectivity index (χ1n) is 6.73. The lowest BCUT2D eigenvalue weighted by molar-refractivity contribution is -0.124. The lowest BCUT2D eigenvalue weighted by atomic mass is 9.96. The summed E-state index contributed by atoms with van der Waals surface area (Å²) >= 11 is 0. The molecule has 1 aliphatic rings. The van der Waals surface area contributed by atoms with Crippen LogP contribution in [0, 0.1) is 5.92 Å². The van der Waals surface area contributed by atoms with E-state index in [1.54, 1.807) is 0 Å². The molecule has 1 aromatic heterocycles. The van der Waals surface area contributed by atoms with Gasteiger partial charge in [-0.3, -0.25) is 9.78 Å². The highest BCUT2D eigenvalue weighted by atomic mass is 32.2. The van der Waals surface area contributed by atoms with Crippen molar-refractivity contribution in [2.75, 3.05) is 6.61 Å². The number of aromatic nitrogens is 1. The molecule has 3 rings (SSSR count). The Bertz CT molecular complexity index is 790. The smallest absolute Gasteiger partial charge is 0.265 e. The Kier molecular flexibility index (Phi) is 3.81. The summed E-state index contributed by atoms with van der Waals surface area (Å²) in [5.74, 6) is -0.374. The maximum Gasteiger partial charge on any atom is 0.265 e. The zero-order chi connectivity index (χ0) is 15.6. The highest BCUT2D eigenvalue weighted by Gasteiger charge is 2.29. The number of rotatable bonds is 3. The van der Waals surface area contributed by atoms with Gasteiger partial charge in [-0.25, -0.2) is 13.1 Å². The molecule has 6 nitrogen and oxygen atoms in total. The van der Waals surface area contributed by atoms with Gasteiger partial charge in [-0.1, -0.05) is 18.2 Å². The molecule has 0 saturated carbocycles. The van der Waals surface area contributed by atoms with E-state index in [1.807, 2.05) is 24.3 Å². The molecule has 1 atom stereocenters. The summed E-state index contributed by atoms with van der Waals surface area (Å²) < 4.78 is 31.8. The van der Waals surface area contributed by atoms with Crippen molar-refractivity contribution in [1.82, 2.24) is 9.71 Å². The van der Waals surface area contributed by atoms with Crippen LogP contribution in [0.3, 0.4) is 0 Å². The lowest BCUT2D eigenvalue weighted by Gasteiger charge is -2.24. The van der Waals surface area contributed by atoms with Crippen LogP contribution < -0.4 is 9.46 Å². The van der Waals surface area contributed by atoms with Crippen molar-refractivity contribution >= 4 is 15.9 Å². The third kappa shape index (κ3) is 2.94. The number of para-hydroxylation sites is 1. The van der Waals surface area contributed by atoms with E-state index in [4.69, 9.17) is 4.74 Å². The number of pyridine rings is 1. The molecule has 2 aromatic rings. The molecule has 0 bridgehead atoms. The second-order valence-electron chi connectivity index (χ2n) is 4.98. The summed E-state index contributed by atoms with van der Waals surface area (Å²) in [7, 11) is -3.90. The summed E-state index contributed by atoms with van der Waals surface area (Å²) in [6.07, 6.45) is 3.11. The van der Waals surface area contributed by atoms with Gasteiger partial charge in [0, 0.05) is 12.4 Å². The minimum atomic E-state index is -3.90. The van der Waals surface area contributed by atoms with Crippen LogP contribution in [0.4, 0.5) is 0 Å². The average molecular weight is 318 g/mol. The maximum atomic E-state index is 12.2. The van der Waals surface area contributed by atoms with Crippen molar-refractivity contribution in [3.8, 4) is 5.75 Å². The van der Waals surface area contributed by atoms with Crippen LogP contribution in [-0.4, -0.2) is 25.9 Å². The molecule has 2 heterocycles. The minimum absolute atomic E-state index is 0.0412. The van der Waals surface area contributed by atoms with Gasteiger partial charge >= 0.3 is 0 Å². The summed E-state index contributed by atoms with van der Waals surface area (Å²) in [5.41, 5.74) is 0.896. The third-order valence-electron chi connectivity index (χ3n) is 3.43. The molecule has 22 heavy (non-hydrogen) atoms. The Labute approximate surface area is 128 Å². The lowest BCUT2D eigenvalue weighted by Crippen LogP contribution is -2.40. The van der Waals surface area contributed by atoms with Gasteiger partial charge in [0.2, 0.25) is 5.91 Å². The van der Waals surface area contributed by atoms with Gasteiger partial charge in [0.05, 0.1) is 5.92 Å². The van der Waals surface area contributed by atoms with Gasteiger partial charge in [-0.05, 0) is 30.2 Å². The quantitative estimate of drug-likeness (QED) is 0.917. The molecule has 1 amide bonds. The normalized spacial score (nSPS) is 17.2. The van der Waals surface area contributed by atoms with Crippen LogP contribution in [-0.2, 0) is 21.2 Å². The molecule has 7 heteroatoms. The number of carbonyl (C=O) groups is 1. The van der Waals surface area contributed by atoms with E-state index in [-0.39, 0.29) is 11.5 Å². The van der Waals surface area contributed by atoms with Crippen molar-refractivity contribution < 1.29 is 17.9 Å². The van der Waals surface area contributed by atoms with E-state index >= 15 is 0 Å². The highest BCUT2D eigenvalue weighted by Crippen LogP contribution is 2.27. The number of nitrogens with zero attached hydrogens (tertiary/aromatic N) is 1. The van der Waals surface area contributed by atoms with Gasteiger partial charge in [-0.2, -0.15) is 0 Å². The fourth-order valence-corrected chi connectivity index (χ4v) is 3.28. The van der Waals surface area contributed by atoms with Crippen molar-refractivity contribution in [2.24, 2.45) is 5.92 Å². The highest BCUT2D eigenvalue weighted by molar-refractivity contribution is 7.90. The van der Waals surface area contributed by atoms with Gasteiger partial charge in [-0.15, -0.1) is 0 Å². The Hall–Kier alpha value is -2.41. The molecule has 1 aliphatic heterocycles. The van der Waals surface area contributed by atoms with E-state index in [0.717, 1.165) is 11.3 Å². The largest absolute Gasteiger partial charge is 0.492 e. The average Bonchev–Trinajstić information content (AvgIpc) is 2.55. The summed E-state index contributed by atoms with van der Waals surface area (Å²) in [6.45, 7) is 0.158.